The molecule has 3 aromatic carbocycles. The molecule has 0 saturated carbocycles. The van der Waals surface area contributed by atoms with Crippen LogP contribution in [0, 0.1) is 0 Å². The molecule has 0 spiro atoms. The number of nitrogens with one attached hydrogen (secondary N) is 1. The zero-order valence-electron chi connectivity index (χ0n) is 18.9. The largest absolute Gasteiger partial charge is 0.494 e. The number of barbiturate groups is 1. The van der Waals surface area contributed by atoms with Crippen molar-refractivity contribution in [2.75, 3.05) is 11.5 Å². The molecule has 184 valence electrons. The van der Waals surface area contributed by atoms with Crippen molar-refractivity contribution in [3.8, 4) is 11.5 Å². The summed E-state index contributed by atoms with van der Waals surface area (Å²) < 4.78 is 12.1. The van der Waals surface area contributed by atoms with Crippen molar-refractivity contribution in [2.24, 2.45) is 0 Å². The Morgan fingerprint density at radius 3 is 2.39 bits per heavy atom. The van der Waals surface area contributed by atoms with Gasteiger partial charge in [-0.1, -0.05) is 45.2 Å². The van der Waals surface area contributed by atoms with E-state index in [9.17, 15) is 14.4 Å². The molecule has 1 fully saturated rings. The Morgan fingerprint density at radius 1 is 0.944 bits per heavy atom. The van der Waals surface area contributed by atoms with E-state index in [1.54, 1.807) is 60.7 Å². The summed E-state index contributed by atoms with van der Waals surface area (Å²) in [6.07, 6.45) is 1.39. The maximum atomic E-state index is 13.3. The third kappa shape index (κ3) is 5.73. The number of carbonyl (C=O) groups is 3. The SMILES string of the molecule is CCOc1ccc(N2C(=O)NC(=O)/C(=C\c3cc(Br)ccc3OCc3ccc(Cl)c(Cl)c3)C2=O)cc1. The van der Waals surface area contributed by atoms with Gasteiger partial charge in [0, 0.05) is 10.0 Å². The van der Waals surface area contributed by atoms with Crippen molar-refractivity contribution in [1.29, 1.82) is 0 Å². The second-order valence-electron chi connectivity index (χ2n) is 7.60. The number of rotatable bonds is 7. The minimum Gasteiger partial charge on any atom is -0.494 e. The van der Waals surface area contributed by atoms with Crippen LogP contribution in [0.1, 0.15) is 18.1 Å². The summed E-state index contributed by atoms with van der Waals surface area (Å²) in [5, 5.41) is 3.06. The molecule has 0 bridgehead atoms. The highest BCUT2D eigenvalue weighted by atomic mass is 79.9. The third-order valence-electron chi connectivity index (χ3n) is 5.16. The molecule has 0 unspecified atom stereocenters. The van der Waals surface area contributed by atoms with E-state index in [0.29, 0.717) is 43.9 Å². The molecule has 0 aliphatic carbocycles. The average molecular weight is 590 g/mol. The van der Waals surface area contributed by atoms with Crippen LogP contribution >= 0.6 is 39.1 Å². The number of nitrogens with zero attached hydrogens (tertiary/aromatic N) is 1. The quantitative estimate of drug-likeness (QED) is 0.255. The summed E-state index contributed by atoms with van der Waals surface area (Å²) in [6, 6.07) is 15.9. The number of anilines is 1. The van der Waals surface area contributed by atoms with Gasteiger partial charge in [-0.15, -0.1) is 0 Å². The lowest BCUT2D eigenvalue weighted by molar-refractivity contribution is -0.122. The standard InChI is InChI=1S/C26H19BrCl2N2O5/c1-2-35-19-7-5-18(6-8-19)31-25(33)20(24(32)30-26(31)34)13-16-12-17(27)4-10-23(16)36-14-15-3-9-21(28)22(29)11-15/h3-13H,2,14H2,1H3,(H,30,32,34)/b20-13+. The molecule has 1 N–H and O–H groups in total. The van der Waals surface area contributed by atoms with Crippen molar-refractivity contribution >= 4 is 68.7 Å². The summed E-state index contributed by atoms with van der Waals surface area (Å²) in [6.45, 7) is 2.50. The summed E-state index contributed by atoms with van der Waals surface area (Å²) in [7, 11) is 0. The van der Waals surface area contributed by atoms with E-state index >= 15 is 0 Å². The van der Waals surface area contributed by atoms with Crippen molar-refractivity contribution in [1.82, 2.24) is 5.32 Å². The minimum atomic E-state index is -0.836. The first-order valence-corrected chi connectivity index (χ1v) is 12.3. The smallest absolute Gasteiger partial charge is 0.335 e. The molecule has 36 heavy (non-hydrogen) atoms. The summed E-state index contributed by atoms with van der Waals surface area (Å²) >= 11 is 15.5. The Labute approximate surface area is 225 Å². The van der Waals surface area contributed by atoms with E-state index in [1.807, 2.05) is 6.92 Å². The predicted molar refractivity (Wildman–Crippen MR) is 142 cm³/mol. The Balaban J connectivity index is 1.64. The molecular weight excluding hydrogens is 571 g/mol. The Hall–Kier alpha value is -3.33. The second-order valence-corrected chi connectivity index (χ2v) is 9.33. The fourth-order valence-electron chi connectivity index (χ4n) is 3.46. The fraction of sp³-hybridized carbons (Fsp3) is 0.115. The van der Waals surface area contributed by atoms with Crippen LogP contribution in [0.5, 0.6) is 11.5 Å². The number of hydrogen-bond acceptors (Lipinski definition) is 5. The Bertz CT molecular complexity index is 1380. The van der Waals surface area contributed by atoms with E-state index in [-0.39, 0.29) is 12.2 Å². The van der Waals surface area contributed by atoms with Crippen molar-refractivity contribution in [3.05, 3.63) is 91.9 Å². The lowest BCUT2D eigenvalue weighted by Gasteiger charge is -2.26. The molecule has 10 heteroatoms. The molecule has 4 rings (SSSR count). The molecule has 0 atom stereocenters. The number of halogens is 3. The van der Waals surface area contributed by atoms with Gasteiger partial charge < -0.3 is 9.47 Å². The first-order valence-electron chi connectivity index (χ1n) is 10.8. The highest BCUT2D eigenvalue weighted by Crippen LogP contribution is 2.30. The summed E-state index contributed by atoms with van der Waals surface area (Å²) in [4.78, 5) is 39.3. The summed E-state index contributed by atoms with van der Waals surface area (Å²) in [5.41, 5.74) is 1.32. The zero-order chi connectivity index (χ0) is 25.8. The van der Waals surface area contributed by atoms with E-state index < -0.39 is 17.8 Å². The van der Waals surface area contributed by atoms with Gasteiger partial charge in [0.2, 0.25) is 0 Å². The molecular formula is C26H19BrCl2N2O5. The average Bonchev–Trinajstić information content (AvgIpc) is 2.84. The van der Waals surface area contributed by atoms with E-state index in [1.165, 1.54) is 6.08 Å². The van der Waals surface area contributed by atoms with Crippen LogP contribution in [0.15, 0.2) is 70.7 Å². The highest BCUT2D eigenvalue weighted by Gasteiger charge is 2.37. The van der Waals surface area contributed by atoms with Crippen LogP contribution in [0.4, 0.5) is 10.5 Å². The van der Waals surface area contributed by atoms with Crippen LogP contribution < -0.4 is 19.7 Å². The minimum absolute atomic E-state index is 0.172. The van der Waals surface area contributed by atoms with E-state index in [4.69, 9.17) is 32.7 Å². The monoisotopic (exact) mass is 588 g/mol. The second kappa shape index (κ2) is 11.2. The molecule has 3 aromatic rings. The van der Waals surface area contributed by atoms with Crippen molar-refractivity contribution < 1.29 is 23.9 Å². The van der Waals surface area contributed by atoms with Crippen LogP contribution in [-0.2, 0) is 16.2 Å². The van der Waals surface area contributed by atoms with E-state index in [2.05, 4.69) is 21.2 Å². The maximum Gasteiger partial charge on any atom is 0.335 e. The molecule has 1 aliphatic rings. The molecule has 1 heterocycles. The third-order valence-corrected chi connectivity index (χ3v) is 6.39. The van der Waals surface area contributed by atoms with Gasteiger partial charge in [-0.2, -0.15) is 0 Å². The van der Waals surface area contributed by atoms with Gasteiger partial charge in [0.05, 0.1) is 22.3 Å². The van der Waals surface area contributed by atoms with Crippen molar-refractivity contribution in [3.63, 3.8) is 0 Å². The number of amides is 4. The van der Waals surface area contributed by atoms with Gasteiger partial charge in [0.15, 0.2) is 0 Å². The fourth-order valence-corrected chi connectivity index (χ4v) is 4.16. The lowest BCUT2D eigenvalue weighted by Crippen LogP contribution is -2.54. The molecule has 1 aliphatic heterocycles. The molecule has 4 amide bonds. The zero-order valence-corrected chi connectivity index (χ0v) is 22.0. The molecule has 0 aromatic heterocycles. The first-order chi connectivity index (χ1) is 17.3. The van der Waals surface area contributed by atoms with Gasteiger partial charge in [-0.25, -0.2) is 9.69 Å². The maximum absolute atomic E-state index is 13.3. The van der Waals surface area contributed by atoms with Crippen molar-refractivity contribution in [2.45, 2.75) is 13.5 Å². The summed E-state index contributed by atoms with van der Waals surface area (Å²) in [5.74, 6) is -0.552. The lowest BCUT2D eigenvalue weighted by atomic mass is 10.1. The number of carbonyl (C=O) groups excluding carboxylic acids is 3. The van der Waals surface area contributed by atoms with Gasteiger partial charge in [-0.05, 0) is 73.2 Å². The van der Waals surface area contributed by atoms with Crippen LogP contribution in [-0.4, -0.2) is 24.5 Å². The number of hydrogen-bond donors (Lipinski definition) is 1. The van der Waals surface area contributed by atoms with Gasteiger partial charge >= 0.3 is 6.03 Å². The normalized spacial score (nSPS) is 14.7. The highest BCUT2D eigenvalue weighted by molar-refractivity contribution is 9.10. The molecule has 0 radical (unpaired) electrons. The number of urea groups is 1. The van der Waals surface area contributed by atoms with Gasteiger partial charge in [0.1, 0.15) is 23.7 Å². The first kappa shape index (κ1) is 25.8. The Morgan fingerprint density at radius 2 is 1.69 bits per heavy atom. The van der Waals surface area contributed by atoms with Gasteiger partial charge in [-0.3, -0.25) is 14.9 Å². The number of benzene rings is 3. The van der Waals surface area contributed by atoms with Crippen LogP contribution in [0.2, 0.25) is 10.0 Å². The molecule has 1 saturated heterocycles. The number of ether oxygens (including phenoxy) is 2. The number of imide groups is 2. The topological polar surface area (TPSA) is 84.9 Å². The molecule has 7 nitrogen and oxygen atoms in total. The Kier molecular flexibility index (Phi) is 7.98. The predicted octanol–water partition coefficient (Wildman–Crippen LogP) is 6.40. The van der Waals surface area contributed by atoms with Crippen LogP contribution in [0.25, 0.3) is 6.08 Å². The van der Waals surface area contributed by atoms with E-state index in [0.717, 1.165) is 10.5 Å². The van der Waals surface area contributed by atoms with Gasteiger partial charge in [0.25, 0.3) is 11.8 Å². The van der Waals surface area contributed by atoms with Crippen LogP contribution in [0.3, 0.4) is 0 Å².